The summed E-state index contributed by atoms with van der Waals surface area (Å²) in [5.41, 5.74) is 7.73. The maximum Gasteiger partial charge on any atom is 0.123 e. The van der Waals surface area contributed by atoms with E-state index in [4.69, 9.17) is 5.73 Å². The van der Waals surface area contributed by atoms with Gasteiger partial charge in [0.05, 0.1) is 0 Å². The molecule has 1 nitrogen and oxygen atoms in total. The first kappa shape index (κ1) is 13.4. The largest absolute Gasteiger partial charge is 0.327 e. The molecule has 0 spiro atoms. The molecule has 0 aliphatic rings. The van der Waals surface area contributed by atoms with Crippen LogP contribution in [0, 0.1) is 12.7 Å². The van der Waals surface area contributed by atoms with Crippen molar-refractivity contribution in [2.75, 3.05) is 0 Å². The molecule has 0 heterocycles. The zero-order chi connectivity index (χ0) is 9.84. The second kappa shape index (κ2) is 5.99. The lowest BCUT2D eigenvalue weighted by Gasteiger charge is -2.09. The Morgan fingerprint density at radius 2 is 2.00 bits per heavy atom. The van der Waals surface area contributed by atoms with Gasteiger partial charge in [0, 0.05) is 6.04 Å². The minimum absolute atomic E-state index is 0. The molecule has 14 heavy (non-hydrogen) atoms. The average molecular weight is 218 g/mol. The second-order valence-corrected chi connectivity index (χ2v) is 3.51. The minimum Gasteiger partial charge on any atom is -0.327 e. The van der Waals surface area contributed by atoms with Crippen LogP contribution in [0.4, 0.5) is 4.39 Å². The van der Waals surface area contributed by atoms with Crippen molar-refractivity contribution in [2.45, 2.75) is 32.7 Å². The summed E-state index contributed by atoms with van der Waals surface area (Å²) in [4.78, 5) is 0. The summed E-state index contributed by atoms with van der Waals surface area (Å²) in [6.45, 7) is 3.93. The van der Waals surface area contributed by atoms with Gasteiger partial charge in [0.2, 0.25) is 0 Å². The lowest BCUT2D eigenvalue weighted by atomic mass is 10.0. The molecule has 0 fully saturated rings. The van der Waals surface area contributed by atoms with Gasteiger partial charge in [-0.05, 0) is 43.0 Å². The van der Waals surface area contributed by atoms with Gasteiger partial charge in [0.1, 0.15) is 5.82 Å². The molecule has 0 aliphatic heterocycles. The quantitative estimate of drug-likeness (QED) is 0.828. The molecule has 0 bridgehead atoms. The fourth-order valence-corrected chi connectivity index (χ4v) is 1.38. The molecule has 1 unspecified atom stereocenters. The highest BCUT2D eigenvalue weighted by atomic mass is 35.5. The topological polar surface area (TPSA) is 26.0 Å². The Bertz CT molecular complexity index is 268. The van der Waals surface area contributed by atoms with Gasteiger partial charge in [0.25, 0.3) is 0 Å². The van der Waals surface area contributed by atoms with Crippen molar-refractivity contribution in [3.05, 3.63) is 35.1 Å². The van der Waals surface area contributed by atoms with E-state index in [1.807, 2.05) is 19.9 Å². The van der Waals surface area contributed by atoms with Crippen molar-refractivity contribution >= 4 is 12.4 Å². The zero-order valence-corrected chi connectivity index (χ0v) is 9.40. The third-order valence-corrected chi connectivity index (χ3v) is 2.12. The normalized spacial score (nSPS) is 12.0. The molecule has 1 aromatic carbocycles. The Kier molecular flexibility index (Phi) is 5.73. The maximum absolute atomic E-state index is 12.9. The van der Waals surface area contributed by atoms with Crippen molar-refractivity contribution < 1.29 is 4.39 Å². The van der Waals surface area contributed by atoms with E-state index in [2.05, 4.69) is 0 Å². The summed E-state index contributed by atoms with van der Waals surface area (Å²) >= 11 is 0. The molecule has 0 saturated carbocycles. The summed E-state index contributed by atoms with van der Waals surface area (Å²) in [6, 6.07) is 5.21. The van der Waals surface area contributed by atoms with Crippen molar-refractivity contribution in [1.82, 2.24) is 0 Å². The predicted octanol–water partition coefficient (Wildman–Crippen LogP) is 2.84. The van der Waals surface area contributed by atoms with Gasteiger partial charge in [-0.25, -0.2) is 4.39 Å². The lowest BCUT2D eigenvalue weighted by molar-refractivity contribution is 0.613. The molecule has 0 amide bonds. The standard InChI is InChI=1S/C11H16FN.ClH/c1-3-11(13)7-9-4-8(2)5-10(12)6-9;/h4-6,11H,3,7,13H2,1-2H3;1H. The van der Waals surface area contributed by atoms with Gasteiger partial charge >= 0.3 is 0 Å². The van der Waals surface area contributed by atoms with E-state index >= 15 is 0 Å². The highest BCUT2D eigenvalue weighted by Gasteiger charge is 2.03. The van der Waals surface area contributed by atoms with Gasteiger partial charge in [0.15, 0.2) is 0 Å². The van der Waals surface area contributed by atoms with Crippen LogP contribution in [0.5, 0.6) is 0 Å². The van der Waals surface area contributed by atoms with Crippen LogP contribution in [0.3, 0.4) is 0 Å². The molecule has 3 heteroatoms. The third-order valence-electron chi connectivity index (χ3n) is 2.12. The molecule has 1 atom stereocenters. The molecule has 80 valence electrons. The number of hydrogen-bond acceptors (Lipinski definition) is 1. The van der Waals surface area contributed by atoms with Crippen LogP contribution in [0.2, 0.25) is 0 Å². The van der Waals surface area contributed by atoms with Crippen LogP contribution < -0.4 is 5.73 Å². The Hall–Kier alpha value is -0.600. The van der Waals surface area contributed by atoms with Crippen molar-refractivity contribution in [2.24, 2.45) is 5.73 Å². The molecule has 0 aromatic heterocycles. The highest BCUT2D eigenvalue weighted by Crippen LogP contribution is 2.10. The number of hydrogen-bond donors (Lipinski definition) is 1. The maximum atomic E-state index is 12.9. The van der Waals surface area contributed by atoms with Crippen LogP contribution in [-0.4, -0.2) is 6.04 Å². The number of rotatable bonds is 3. The first-order valence-corrected chi connectivity index (χ1v) is 4.63. The number of nitrogens with two attached hydrogens (primary N) is 1. The molecule has 1 rings (SSSR count). The van der Waals surface area contributed by atoms with E-state index < -0.39 is 0 Å². The Morgan fingerprint density at radius 3 is 2.50 bits per heavy atom. The van der Waals surface area contributed by atoms with Crippen molar-refractivity contribution in [1.29, 1.82) is 0 Å². The number of aryl methyl sites for hydroxylation is 1. The Labute approximate surface area is 90.9 Å². The first-order valence-electron chi connectivity index (χ1n) is 4.63. The molecular formula is C11H17ClFN. The molecule has 0 saturated heterocycles. The van der Waals surface area contributed by atoms with Crippen LogP contribution >= 0.6 is 12.4 Å². The number of benzene rings is 1. The van der Waals surface area contributed by atoms with E-state index in [0.29, 0.717) is 0 Å². The van der Waals surface area contributed by atoms with E-state index in [1.165, 1.54) is 6.07 Å². The van der Waals surface area contributed by atoms with Crippen molar-refractivity contribution in [3.63, 3.8) is 0 Å². The van der Waals surface area contributed by atoms with E-state index in [9.17, 15) is 4.39 Å². The fourth-order valence-electron chi connectivity index (χ4n) is 1.38. The minimum atomic E-state index is -0.168. The van der Waals surface area contributed by atoms with Crippen LogP contribution in [0.15, 0.2) is 18.2 Å². The molecule has 0 aliphatic carbocycles. The first-order chi connectivity index (χ1) is 6.11. The fraction of sp³-hybridized carbons (Fsp3) is 0.455. The predicted molar refractivity (Wildman–Crippen MR) is 60.4 cm³/mol. The van der Waals surface area contributed by atoms with Gasteiger partial charge < -0.3 is 5.73 Å². The Balaban J connectivity index is 0.00000169. The van der Waals surface area contributed by atoms with Gasteiger partial charge in [-0.2, -0.15) is 0 Å². The second-order valence-electron chi connectivity index (χ2n) is 3.51. The van der Waals surface area contributed by atoms with E-state index in [-0.39, 0.29) is 24.3 Å². The summed E-state index contributed by atoms with van der Waals surface area (Å²) in [6.07, 6.45) is 1.69. The summed E-state index contributed by atoms with van der Waals surface area (Å²) in [7, 11) is 0. The molecule has 0 radical (unpaired) electrons. The number of halogens is 2. The third kappa shape index (κ3) is 4.07. The summed E-state index contributed by atoms with van der Waals surface area (Å²) < 4.78 is 12.9. The van der Waals surface area contributed by atoms with Crippen LogP contribution in [0.25, 0.3) is 0 Å². The highest BCUT2D eigenvalue weighted by molar-refractivity contribution is 5.85. The lowest BCUT2D eigenvalue weighted by Crippen LogP contribution is -2.21. The van der Waals surface area contributed by atoms with Gasteiger partial charge in [-0.3, -0.25) is 0 Å². The molecule has 1 aromatic rings. The summed E-state index contributed by atoms with van der Waals surface area (Å²) in [5.74, 6) is -0.168. The zero-order valence-electron chi connectivity index (χ0n) is 8.59. The Morgan fingerprint density at radius 1 is 1.36 bits per heavy atom. The van der Waals surface area contributed by atoms with Gasteiger partial charge in [-0.15, -0.1) is 12.4 Å². The SMILES string of the molecule is CCC(N)Cc1cc(C)cc(F)c1.Cl. The van der Waals surface area contributed by atoms with E-state index in [0.717, 1.165) is 24.0 Å². The summed E-state index contributed by atoms with van der Waals surface area (Å²) in [5, 5.41) is 0. The van der Waals surface area contributed by atoms with Crippen LogP contribution in [0.1, 0.15) is 24.5 Å². The average Bonchev–Trinajstić information content (AvgIpc) is 2.02. The van der Waals surface area contributed by atoms with Gasteiger partial charge in [-0.1, -0.05) is 13.0 Å². The smallest absolute Gasteiger partial charge is 0.123 e. The molecular weight excluding hydrogens is 201 g/mol. The van der Waals surface area contributed by atoms with E-state index in [1.54, 1.807) is 6.07 Å². The van der Waals surface area contributed by atoms with Crippen molar-refractivity contribution in [3.8, 4) is 0 Å². The van der Waals surface area contributed by atoms with Crippen LogP contribution in [-0.2, 0) is 6.42 Å². The molecule has 2 N–H and O–H groups in total. The monoisotopic (exact) mass is 217 g/mol.